The molecule has 0 aliphatic heterocycles. The summed E-state index contributed by atoms with van der Waals surface area (Å²) in [6, 6.07) is 0. The van der Waals surface area contributed by atoms with Crippen LogP contribution in [0.25, 0.3) is 0 Å². The zero-order chi connectivity index (χ0) is 8.97. The molecule has 1 aromatic heterocycles. The van der Waals surface area contributed by atoms with Crippen LogP contribution in [0.2, 0.25) is 0 Å². The Balaban J connectivity index is 2.51. The van der Waals surface area contributed by atoms with E-state index in [1.807, 2.05) is 17.8 Å². The largest absolute Gasteiger partial charge is 0.392 e. The average molecular weight is 166 g/mol. The van der Waals surface area contributed by atoms with E-state index in [0.717, 1.165) is 5.82 Å². The van der Waals surface area contributed by atoms with Crippen molar-refractivity contribution in [3.8, 4) is 0 Å². The van der Waals surface area contributed by atoms with Gasteiger partial charge in [-0.05, 0) is 6.42 Å². The Morgan fingerprint density at radius 1 is 1.83 bits per heavy atom. The van der Waals surface area contributed by atoms with Crippen molar-refractivity contribution < 1.29 is 5.11 Å². The molecular weight excluding hydrogens is 152 g/mol. The molecule has 0 spiro atoms. The van der Waals surface area contributed by atoms with Gasteiger partial charge in [-0.25, -0.2) is 4.98 Å². The van der Waals surface area contributed by atoms with Gasteiger partial charge in [0.15, 0.2) is 0 Å². The maximum absolute atomic E-state index is 9.42. The van der Waals surface area contributed by atoms with Crippen molar-refractivity contribution >= 4 is 0 Å². The third-order valence-electron chi connectivity index (χ3n) is 1.78. The molecule has 1 unspecified atom stereocenters. The summed E-state index contributed by atoms with van der Waals surface area (Å²) in [5.74, 6) is 0.907. The molecule has 0 saturated heterocycles. The Hall–Kier alpha value is -1.09. The number of rotatable bonds is 4. The van der Waals surface area contributed by atoms with Crippen LogP contribution in [0.3, 0.4) is 0 Å². The summed E-state index contributed by atoms with van der Waals surface area (Å²) in [5.41, 5.74) is 0. The predicted octanol–water partition coefficient (Wildman–Crippen LogP) is 0.900. The maximum atomic E-state index is 9.42. The molecule has 0 saturated carbocycles. The van der Waals surface area contributed by atoms with E-state index in [2.05, 4.69) is 11.6 Å². The molecule has 1 rings (SSSR count). The highest BCUT2D eigenvalue weighted by Gasteiger charge is 2.06. The van der Waals surface area contributed by atoms with Crippen LogP contribution in [0.15, 0.2) is 25.0 Å². The number of hydrogen-bond donors (Lipinski definition) is 1. The highest BCUT2D eigenvalue weighted by molar-refractivity contribution is 4.93. The number of aromatic nitrogens is 2. The molecule has 66 valence electrons. The zero-order valence-corrected chi connectivity index (χ0v) is 7.27. The summed E-state index contributed by atoms with van der Waals surface area (Å²) in [5, 5.41) is 9.42. The van der Waals surface area contributed by atoms with E-state index < -0.39 is 0 Å². The molecule has 0 fully saturated rings. The number of aliphatic hydroxyl groups is 1. The summed E-state index contributed by atoms with van der Waals surface area (Å²) in [6.07, 6.45) is 6.17. The number of nitrogens with zero attached hydrogens (tertiary/aromatic N) is 2. The highest BCUT2D eigenvalue weighted by Crippen LogP contribution is 2.02. The molecule has 0 amide bonds. The molecule has 0 radical (unpaired) electrons. The van der Waals surface area contributed by atoms with E-state index >= 15 is 0 Å². The van der Waals surface area contributed by atoms with Crippen molar-refractivity contribution in [3.05, 3.63) is 30.9 Å². The SMILES string of the molecule is C=CCC(O)Cc1nccn1C. The van der Waals surface area contributed by atoms with Crippen molar-refractivity contribution in [2.75, 3.05) is 0 Å². The van der Waals surface area contributed by atoms with Gasteiger partial charge >= 0.3 is 0 Å². The van der Waals surface area contributed by atoms with Gasteiger partial charge in [0.05, 0.1) is 6.10 Å². The molecular formula is C9H14N2O. The summed E-state index contributed by atoms with van der Waals surface area (Å²) >= 11 is 0. The minimum absolute atomic E-state index is 0.358. The van der Waals surface area contributed by atoms with Crippen LogP contribution in [-0.4, -0.2) is 20.8 Å². The second kappa shape index (κ2) is 4.07. The fourth-order valence-corrected chi connectivity index (χ4v) is 1.08. The zero-order valence-electron chi connectivity index (χ0n) is 7.27. The van der Waals surface area contributed by atoms with Crippen LogP contribution in [0, 0.1) is 0 Å². The first-order valence-electron chi connectivity index (χ1n) is 3.99. The van der Waals surface area contributed by atoms with Gasteiger partial charge in [0.25, 0.3) is 0 Å². The normalized spacial score (nSPS) is 12.8. The second-order valence-corrected chi connectivity index (χ2v) is 2.84. The molecule has 0 aliphatic carbocycles. The topological polar surface area (TPSA) is 38.1 Å². The first kappa shape index (κ1) is 9.00. The molecule has 3 heteroatoms. The minimum atomic E-state index is -0.358. The number of aryl methyl sites for hydroxylation is 1. The van der Waals surface area contributed by atoms with Crippen molar-refractivity contribution in [3.63, 3.8) is 0 Å². The van der Waals surface area contributed by atoms with Crippen LogP contribution in [-0.2, 0) is 13.5 Å². The lowest BCUT2D eigenvalue weighted by atomic mass is 10.2. The second-order valence-electron chi connectivity index (χ2n) is 2.84. The van der Waals surface area contributed by atoms with E-state index in [0.29, 0.717) is 12.8 Å². The highest BCUT2D eigenvalue weighted by atomic mass is 16.3. The first-order chi connectivity index (χ1) is 5.74. The summed E-state index contributed by atoms with van der Waals surface area (Å²) in [6.45, 7) is 3.57. The minimum Gasteiger partial charge on any atom is -0.392 e. The van der Waals surface area contributed by atoms with Gasteiger partial charge in [-0.3, -0.25) is 0 Å². The van der Waals surface area contributed by atoms with Crippen LogP contribution in [0.1, 0.15) is 12.2 Å². The standard InChI is InChI=1S/C9H14N2O/c1-3-4-8(12)7-9-10-5-6-11(9)2/h3,5-6,8,12H,1,4,7H2,2H3. The van der Waals surface area contributed by atoms with Gasteiger partial charge in [0.2, 0.25) is 0 Å². The molecule has 1 N–H and O–H groups in total. The lowest BCUT2D eigenvalue weighted by Gasteiger charge is -2.06. The molecule has 1 aromatic rings. The molecule has 12 heavy (non-hydrogen) atoms. The third kappa shape index (κ3) is 2.20. The molecule has 0 aliphatic rings. The van der Waals surface area contributed by atoms with Crippen LogP contribution in [0.5, 0.6) is 0 Å². The van der Waals surface area contributed by atoms with Gasteiger partial charge in [-0.15, -0.1) is 6.58 Å². The Morgan fingerprint density at radius 3 is 3.08 bits per heavy atom. The van der Waals surface area contributed by atoms with E-state index in [-0.39, 0.29) is 6.10 Å². The van der Waals surface area contributed by atoms with E-state index in [9.17, 15) is 5.11 Å². The number of imidazole rings is 1. The first-order valence-corrected chi connectivity index (χ1v) is 3.99. The lowest BCUT2D eigenvalue weighted by molar-refractivity contribution is 0.175. The van der Waals surface area contributed by atoms with Crippen molar-refractivity contribution in [2.24, 2.45) is 7.05 Å². The van der Waals surface area contributed by atoms with Crippen molar-refractivity contribution in [2.45, 2.75) is 18.9 Å². The monoisotopic (exact) mass is 166 g/mol. The van der Waals surface area contributed by atoms with Gasteiger partial charge < -0.3 is 9.67 Å². The summed E-state index contributed by atoms with van der Waals surface area (Å²) in [4.78, 5) is 4.11. The third-order valence-corrected chi connectivity index (χ3v) is 1.78. The summed E-state index contributed by atoms with van der Waals surface area (Å²) < 4.78 is 1.91. The Labute approximate surface area is 72.4 Å². The fourth-order valence-electron chi connectivity index (χ4n) is 1.08. The van der Waals surface area contributed by atoms with Gasteiger partial charge in [0, 0.05) is 25.9 Å². The van der Waals surface area contributed by atoms with Gasteiger partial charge in [-0.2, -0.15) is 0 Å². The number of aliphatic hydroxyl groups excluding tert-OH is 1. The van der Waals surface area contributed by atoms with Gasteiger partial charge in [0.1, 0.15) is 5.82 Å². The lowest BCUT2D eigenvalue weighted by Crippen LogP contribution is -2.12. The van der Waals surface area contributed by atoms with E-state index in [4.69, 9.17) is 0 Å². The summed E-state index contributed by atoms with van der Waals surface area (Å²) in [7, 11) is 1.92. The number of hydrogen-bond acceptors (Lipinski definition) is 2. The quantitative estimate of drug-likeness (QED) is 0.675. The Kier molecular flexibility index (Phi) is 3.05. The Bertz CT molecular complexity index is 255. The van der Waals surface area contributed by atoms with Crippen LogP contribution >= 0.6 is 0 Å². The maximum Gasteiger partial charge on any atom is 0.110 e. The molecule has 1 atom stereocenters. The fraction of sp³-hybridized carbons (Fsp3) is 0.444. The molecule has 0 bridgehead atoms. The molecule has 3 nitrogen and oxygen atoms in total. The van der Waals surface area contributed by atoms with Crippen molar-refractivity contribution in [1.29, 1.82) is 0 Å². The van der Waals surface area contributed by atoms with Crippen LogP contribution < -0.4 is 0 Å². The molecule has 1 heterocycles. The van der Waals surface area contributed by atoms with E-state index in [1.165, 1.54) is 0 Å². The van der Waals surface area contributed by atoms with Crippen LogP contribution in [0.4, 0.5) is 0 Å². The van der Waals surface area contributed by atoms with E-state index in [1.54, 1.807) is 12.3 Å². The molecule has 0 aromatic carbocycles. The van der Waals surface area contributed by atoms with Crippen molar-refractivity contribution in [1.82, 2.24) is 9.55 Å². The van der Waals surface area contributed by atoms with Gasteiger partial charge in [-0.1, -0.05) is 6.08 Å². The Morgan fingerprint density at radius 2 is 2.58 bits per heavy atom. The average Bonchev–Trinajstić information content (AvgIpc) is 2.37. The predicted molar refractivity (Wildman–Crippen MR) is 47.7 cm³/mol. The smallest absolute Gasteiger partial charge is 0.110 e.